The van der Waals surface area contributed by atoms with Crippen molar-refractivity contribution in [3.63, 3.8) is 0 Å². The van der Waals surface area contributed by atoms with Gasteiger partial charge in [-0.2, -0.15) is 0 Å². The van der Waals surface area contributed by atoms with Gasteiger partial charge in [0.05, 0.1) is 11.6 Å². The Hall–Kier alpha value is -4.60. The molecule has 186 valence electrons. The van der Waals surface area contributed by atoms with E-state index in [4.69, 9.17) is 16.1 Å². The van der Waals surface area contributed by atoms with Crippen LogP contribution in [0.25, 0.3) is 21.8 Å². The van der Waals surface area contributed by atoms with Crippen molar-refractivity contribution in [2.45, 2.75) is 23.4 Å². The van der Waals surface area contributed by atoms with Crippen molar-refractivity contribution in [3.05, 3.63) is 71.5 Å². The first kappa shape index (κ1) is 21.7. The van der Waals surface area contributed by atoms with Gasteiger partial charge in [-0.3, -0.25) is 24.8 Å². The Morgan fingerprint density at radius 3 is 2.30 bits per heavy atom. The van der Waals surface area contributed by atoms with E-state index in [1.165, 1.54) is 9.80 Å². The molecule has 7 rings (SSSR count). The van der Waals surface area contributed by atoms with Gasteiger partial charge in [0.15, 0.2) is 17.0 Å². The van der Waals surface area contributed by atoms with E-state index in [-0.39, 0.29) is 30.2 Å². The fourth-order valence-electron chi connectivity index (χ4n) is 6.89. The second kappa shape index (κ2) is 6.78. The van der Waals surface area contributed by atoms with Crippen LogP contribution in [0.2, 0.25) is 0 Å². The van der Waals surface area contributed by atoms with E-state index in [2.05, 4.69) is 9.97 Å². The molecule has 0 unspecified atom stereocenters. The Bertz CT molecular complexity index is 1720. The maximum absolute atomic E-state index is 14.5. The number of para-hydroxylation sites is 2. The van der Waals surface area contributed by atoms with Crippen LogP contribution in [-0.4, -0.2) is 75.1 Å². The number of hydrogen-bond donors (Lipinski definition) is 4. The van der Waals surface area contributed by atoms with Gasteiger partial charge in [-0.25, -0.2) is 4.99 Å². The summed E-state index contributed by atoms with van der Waals surface area (Å²) in [5.41, 5.74) is 7.54. The molecule has 2 spiro atoms. The molecule has 1 saturated heterocycles. The highest BCUT2D eigenvalue weighted by atomic mass is 16.2. The Morgan fingerprint density at radius 2 is 1.65 bits per heavy atom. The maximum atomic E-state index is 14.5. The summed E-state index contributed by atoms with van der Waals surface area (Å²) in [5, 5.41) is 10.7. The number of carbonyl (C=O) groups excluding carboxylic acids is 2. The molecule has 3 aliphatic rings. The van der Waals surface area contributed by atoms with Crippen LogP contribution < -0.4 is 5.73 Å². The van der Waals surface area contributed by atoms with Gasteiger partial charge in [-0.05, 0) is 23.3 Å². The Morgan fingerprint density at radius 1 is 0.973 bits per heavy atom. The zero-order valence-electron chi connectivity index (χ0n) is 20.7. The lowest BCUT2D eigenvalue weighted by Gasteiger charge is -2.50. The number of aromatic amines is 2. The number of nitrogens with one attached hydrogen (secondary N) is 3. The number of amides is 2. The normalized spacial score (nSPS) is 27.4. The first-order chi connectivity index (χ1) is 17.7. The van der Waals surface area contributed by atoms with E-state index in [0.717, 1.165) is 32.9 Å². The van der Waals surface area contributed by atoms with Gasteiger partial charge in [0.25, 0.3) is 11.8 Å². The molecular formula is C27H26N8O2. The summed E-state index contributed by atoms with van der Waals surface area (Å²) in [4.78, 5) is 44.9. The molecule has 10 nitrogen and oxygen atoms in total. The van der Waals surface area contributed by atoms with Gasteiger partial charge in [-0.15, -0.1) is 0 Å². The minimum absolute atomic E-state index is 0.0484. The first-order valence-corrected chi connectivity index (χ1v) is 12.1. The third-order valence-corrected chi connectivity index (χ3v) is 8.60. The number of H-pyrrole nitrogens is 2. The van der Waals surface area contributed by atoms with Crippen LogP contribution >= 0.6 is 0 Å². The molecule has 0 bridgehead atoms. The van der Waals surface area contributed by atoms with Crippen molar-refractivity contribution < 1.29 is 9.59 Å². The number of rotatable bonds is 1. The van der Waals surface area contributed by atoms with E-state index < -0.39 is 17.0 Å². The largest absolute Gasteiger partial charge is 0.369 e. The van der Waals surface area contributed by atoms with Gasteiger partial charge in [0.1, 0.15) is 0 Å². The summed E-state index contributed by atoms with van der Waals surface area (Å²) in [5.74, 6) is -1.18. The molecule has 37 heavy (non-hydrogen) atoms. The summed E-state index contributed by atoms with van der Waals surface area (Å²) >= 11 is 0. The number of likely N-dealkylation sites (N-methyl/N-ethyl adjacent to an activating group) is 3. The smallest absolute Gasteiger partial charge is 0.261 e. The molecule has 1 aliphatic carbocycles. The highest BCUT2D eigenvalue weighted by Crippen LogP contribution is 2.60. The Labute approximate surface area is 212 Å². The summed E-state index contributed by atoms with van der Waals surface area (Å²) < 4.78 is 0. The van der Waals surface area contributed by atoms with Gasteiger partial charge in [0.2, 0.25) is 5.96 Å². The number of guanidine groups is 2. The van der Waals surface area contributed by atoms with Crippen molar-refractivity contribution in [2.75, 3.05) is 21.1 Å². The SMILES string of the molecule is CN1C(=N)N(C)[C@]2(C1=O)c1[nH]c3ccccc3c1C[C@@]1(N=C(N)N(C)C1=O)[C@H]2c1c[nH]c2ccccc12. The number of fused-ring (bicyclic) bond motifs is 5. The highest BCUT2D eigenvalue weighted by molar-refractivity contribution is 6.14. The van der Waals surface area contributed by atoms with Crippen molar-refractivity contribution in [3.8, 4) is 0 Å². The molecule has 1 fully saturated rings. The quantitative estimate of drug-likeness (QED) is 0.322. The van der Waals surface area contributed by atoms with Crippen LogP contribution in [0.3, 0.4) is 0 Å². The predicted molar refractivity (Wildman–Crippen MR) is 140 cm³/mol. The predicted octanol–water partition coefficient (Wildman–Crippen LogP) is 2.05. The van der Waals surface area contributed by atoms with Gasteiger partial charge in [-0.1, -0.05) is 36.4 Å². The van der Waals surface area contributed by atoms with Gasteiger partial charge in [0, 0.05) is 55.6 Å². The number of nitrogens with two attached hydrogens (primary N) is 1. The zero-order chi connectivity index (χ0) is 25.9. The molecule has 4 heterocycles. The third kappa shape index (κ3) is 2.31. The van der Waals surface area contributed by atoms with Crippen molar-refractivity contribution >= 4 is 45.5 Å². The molecule has 2 aromatic carbocycles. The molecule has 2 aliphatic heterocycles. The zero-order valence-corrected chi connectivity index (χ0v) is 20.7. The van der Waals surface area contributed by atoms with Crippen LogP contribution in [0.4, 0.5) is 0 Å². The second-order valence-corrected chi connectivity index (χ2v) is 10.2. The molecule has 0 saturated carbocycles. The molecule has 5 N–H and O–H groups in total. The van der Waals surface area contributed by atoms with E-state index in [9.17, 15) is 9.59 Å². The molecule has 3 atom stereocenters. The number of carbonyl (C=O) groups is 2. The van der Waals surface area contributed by atoms with Gasteiger partial charge < -0.3 is 20.6 Å². The standard InChI is InChI=1S/C27H26N8O2/c1-33-22(36)26(32-24(33)28)12-16-14-8-5-7-11-19(14)31-21(16)27(23(37)34(2)25(29)35(27)3)20(26)17-13-30-18-10-6-4-9-15(17)18/h4-11,13,20,29-31H,12H2,1-3H3,(H2,28,32)/t20-,26-,27+/m1/s1. The summed E-state index contributed by atoms with van der Waals surface area (Å²) in [6.07, 6.45) is 2.13. The van der Waals surface area contributed by atoms with E-state index in [0.29, 0.717) is 5.69 Å². The molecule has 4 aromatic rings. The Kier molecular flexibility index (Phi) is 3.97. The number of benzene rings is 2. The van der Waals surface area contributed by atoms with Crippen LogP contribution in [-0.2, 0) is 21.5 Å². The first-order valence-electron chi connectivity index (χ1n) is 12.1. The molecule has 2 amide bonds. The van der Waals surface area contributed by atoms with Crippen LogP contribution in [0.1, 0.15) is 22.7 Å². The Balaban J connectivity index is 1.68. The van der Waals surface area contributed by atoms with Crippen molar-refractivity contribution in [2.24, 2.45) is 10.7 Å². The lowest BCUT2D eigenvalue weighted by molar-refractivity contribution is -0.139. The van der Waals surface area contributed by atoms with Crippen molar-refractivity contribution in [1.82, 2.24) is 24.7 Å². The fraction of sp³-hybridized carbons (Fsp3) is 0.259. The molecule has 2 aromatic heterocycles. The number of aromatic nitrogens is 2. The second-order valence-electron chi connectivity index (χ2n) is 10.2. The number of aliphatic imine (C=N–C) groups is 1. The monoisotopic (exact) mass is 494 g/mol. The average Bonchev–Trinajstić information content (AvgIpc) is 3.59. The van der Waals surface area contributed by atoms with Crippen LogP contribution in [0.15, 0.2) is 59.7 Å². The highest BCUT2D eigenvalue weighted by Gasteiger charge is 2.72. The topological polar surface area (TPSA) is 138 Å². The molecule has 0 radical (unpaired) electrons. The number of hydrogen-bond acceptors (Lipinski definition) is 5. The van der Waals surface area contributed by atoms with E-state index in [1.807, 2.05) is 54.7 Å². The lowest BCUT2D eigenvalue weighted by Crippen LogP contribution is -2.63. The summed E-state index contributed by atoms with van der Waals surface area (Å²) in [6, 6.07) is 15.6. The van der Waals surface area contributed by atoms with E-state index in [1.54, 1.807) is 26.0 Å². The lowest BCUT2D eigenvalue weighted by atomic mass is 9.58. The minimum Gasteiger partial charge on any atom is -0.369 e. The van der Waals surface area contributed by atoms with E-state index >= 15 is 0 Å². The number of nitrogens with zero attached hydrogens (tertiary/aromatic N) is 4. The van der Waals surface area contributed by atoms with Crippen LogP contribution in [0, 0.1) is 5.41 Å². The minimum atomic E-state index is -1.44. The van der Waals surface area contributed by atoms with Gasteiger partial charge >= 0.3 is 0 Å². The molecule has 10 heteroatoms. The average molecular weight is 495 g/mol. The summed E-state index contributed by atoms with van der Waals surface area (Å²) in [7, 11) is 4.97. The summed E-state index contributed by atoms with van der Waals surface area (Å²) in [6.45, 7) is 0. The molecular weight excluding hydrogens is 468 g/mol. The third-order valence-electron chi connectivity index (χ3n) is 8.60. The van der Waals surface area contributed by atoms with Crippen LogP contribution in [0.5, 0.6) is 0 Å². The fourth-order valence-corrected chi connectivity index (χ4v) is 6.89. The van der Waals surface area contributed by atoms with Crippen molar-refractivity contribution in [1.29, 1.82) is 5.41 Å². The maximum Gasteiger partial charge on any atom is 0.261 e.